The summed E-state index contributed by atoms with van der Waals surface area (Å²) < 4.78 is 5.66. The maximum absolute atomic E-state index is 13.8. The second kappa shape index (κ2) is 13.7. The molecule has 2 saturated heterocycles. The third-order valence-electron chi connectivity index (χ3n) is 8.95. The van der Waals surface area contributed by atoms with Crippen LogP contribution in [0.15, 0.2) is 41.3 Å². The summed E-state index contributed by atoms with van der Waals surface area (Å²) in [6.07, 6.45) is 4.96. The first kappa shape index (κ1) is 30.8. The zero-order valence-corrected chi connectivity index (χ0v) is 26.3. The van der Waals surface area contributed by atoms with Gasteiger partial charge in [0.1, 0.15) is 5.82 Å². The first-order valence-corrected chi connectivity index (χ1v) is 15.6. The zero-order valence-electron chi connectivity index (χ0n) is 26.3. The SMILES string of the molecule is CCN(c1cc(-c2ccc(N3CCCN(C)CC3)nc2)cc(C(=O)NCc2c(C)cc(C)[nH]c2=O)c1C)C1CCOCC1. The van der Waals surface area contributed by atoms with Crippen LogP contribution in [0.1, 0.15) is 58.9 Å². The molecule has 230 valence electrons. The molecule has 0 saturated carbocycles. The first-order valence-electron chi connectivity index (χ1n) is 15.6. The average Bonchev–Trinajstić information content (AvgIpc) is 3.22. The number of hydrogen-bond acceptors (Lipinski definition) is 7. The summed E-state index contributed by atoms with van der Waals surface area (Å²) in [7, 11) is 2.17. The van der Waals surface area contributed by atoms with Crippen molar-refractivity contribution in [3.05, 3.63) is 74.8 Å². The summed E-state index contributed by atoms with van der Waals surface area (Å²) in [5.74, 6) is 0.793. The van der Waals surface area contributed by atoms with Gasteiger partial charge in [0.05, 0.1) is 0 Å². The second-order valence-corrected chi connectivity index (χ2v) is 12.0. The van der Waals surface area contributed by atoms with Crippen LogP contribution >= 0.6 is 0 Å². The molecule has 9 nitrogen and oxygen atoms in total. The Labute approximate surface area is 255 Å². The smallest absolute Gasteiger partial charge is 0.253 e. The van der Waals surface area contributed by atoms with E-state index in [1.165, 1.54) is 0 Å². The summed E-state index contributed by atoms with van der Waals surface area (Å²) in [5, 5.41) is 3.04. The van der Waals surface area contributed by atoms with Gasteiger partial charge in [-0.3, -0.25) is 9.59 Å². The van der Waals surface area contributed by atoms with Crippen molar-refractivity contribution >= 4 is 17.4 Å². The van der Waals surface area contributed by atoms with Crippen molar-refractivity contribution in [2.75, 3.05) is 62.8 Å². The van der Waals surface area contributed by atoms with E-state index >= 15 is 0 Å². The number of ether oxygens (including phenoxy) is 1. The first-order chi connectivity index (χ1) is 20.7. The van der Waals surface area contributed by atoms with E-state index in [2.05, 4.69) is 57.2 Å². The minimum Gasteiger partial charge on any atom is -0.381 e. The van der Waals surface area contributed by atoms with Crippen molar-refractivity contribution in [1.82, 2.24) is 20.2 Å². The van der Waals surface area contributed by atoms with Gasteiger partial charge in [-0.2, -0.15) is 0 Å². The van der Waals surface area contributed by atoms with Gasteiger partial charge in [-0.05, 0) is 108 Å². The Kier molecular flexibility index (Phi) is 9.82. The third kappa shape index (κ3) is 7.11. The normalized spacial score (nSPS) is 16.6. The Bertz CT molecular complexity index is 1480. The van der Waals surface area contributed by atoms with Crippen molar-refractivity contribution in [1.29, 1.82) is 0 Å². The highest BCUT2D eigenvalue weighted by atomic mass is 16.5. The summed E-state index contributed by atoms with van der Waals surface area (Å²) in [6.45, 7) is 14.5. The van der Waals surface area contributed by atoms with Gasteiger partial charge in [-0.25, -0.2) is 4.98 Å². The van der Waals surface area contributed by atoms with E-state index in [-0.39, 0.29) is 18.0 Å². The lowest BCUT2D eigenvalue weighted by Crippen LogP contribution is -2.40. The van der Waals surface area contributed by atoms with Crippen LogP contribution in [0, 0.1) is 20.8 Å². The van der Waals surface area contributed by atoms with Gasteiger partial charge >= 0.3 is 0 Å². The lowest BCUT2D eigenvalue weighted by molar-refractivity contribution is 0.0846. The number of likely N-dealkylation sites (N-methyl/N-ethyl adjacent to an activating group) is 1. The molecule has 3 aromatic rings. The highest BCUT2D eigenvalue weighted by Crippen LogP contribution is 2.34. The molecule has 2 aromatic heterocycles. The van der Waals surface area contributed by atoms with E-state index < -0.39 is 0 Å². The van der Waals surface area contributed by atoms with E-state index in [1.54, 1.807) is 0 Å². The number of nitrogens with zero attached hydrogens (tertiary/aromatic N) is 4. The van der Waals surface area contributed by atoms with Gasteiger partial charge in [-0.15, -0.1) is 0 Å². The number of H-pyrrole nitrogens is 1. The van der Waals surface area contributed by atoms with Crippen LogP contribution in [0.3, 0.4) is 0 Å². The van der Waals surface area contributed by atoms with Gasteiger partial charge < -0.3 is 29.7 Å². The molecule has 5 rings (SSSR count). The zero-order chi connectivity index (χ0) is 30.5. The Morgan fingerprint density at radius 2 is 1.86 bits per heavy atom. The predicted molar refractivity (Wildman–Crippen MR) is 173 cm³/mol. The fraction of sp³-hybridized carbons (Fsp3) is 0.500. The van der Waals surface area contributed by atoms with Crippen LogP contribution < -0.4 is 20.7 Å². The van der Waals surface area contributed by atoms with Gasteiger partial charge in [0, 0.05) is 86.2 Å². The van der Waals surface area contributed by atoms with Crippen LogP contribution in [0.4, 0.5) is 11.5 Å². The second-order valence-electron chi connectivity index (χ2n) is 12.0. The standard InChI is InChI=1S/C34H46N6O3/c1-6-40(28-10-16-43-17-11-28)31-20-27(26-8-9-32(35-21-26)39-13-7-12-38(5)14-15-39)19-29(25(31)4)33(41)36-22-30-23(2)18-24(3)37-34(30)42/h8-9,18-21,28H,6-7,10-17,22H2,1-5H3,(H,36,41)(H,37,42). The number of pyridine rings is 2. The monoisotopic (exact) mass is 586 g/mol. The summed E-state index contributed by atoms with van der Waals surface area (Å²) >= 11 is 0. The van der Waals surface area contributed by atoms with Crippen LogP contribution in [0.25, 0.3) is 11.1 Å². The number of aryl methyl sites for hydroxylation is 2. The summed E-state index contributed by atoms with van der Waals surface area (Å²) in [6, 6.07) is 10.7. The molecule has 2 N–H and O–H groups in total. The highest BCUT2D eigenvalue weighted by Gasteiger charge is 2.25. The highest BCUT2D eigenvalue weighted by molar-refractivity contribution is 5.99. The molecule has 2 aliphatic rings. The Balaban J connectivity index is 1.48. The van der Waals surface area contributed by atoms with Crippen LogP contribution in [-0.2, 0) is 11.3 Å². The van der Waals surface area contributed by atoms with Crippen LogP contribution in [0.2, 0.25) is 0 Å². The fourth-order valence-corrected chi connectivity index (χ4v) is 6.41. The molecular weight excluding hydrogens is 540 g/mol. The molecule has 0 atom stereocenters. The van der Waals surface area contributed by atoms with E-state index in [4.69, 9.17) is 9.72 Å². The van der Waals surface area contributed by atoms with Gasteiger partial charge in [0.2, 0.25) is 0 Å². The molecule has 0 radical (unpaired) electrons. The predicted octanol–water partition coefficient (Wildman–Crippen LogP) is 4.44. The van der Waals surface area contributed by atoms with E-state index in [0.717, 1.165) is 105 Å². The largest absolute Gasteiger partial charge is 0.381 e. The molecule has 4 heterocycles. The summed E-state index contributed by atoms with van der Waals surface area (Å²) in [4.78, 5) is 41.3. The number of aromatic nitrogens is 2. The molecule has 43 heavy (non-hydrogen) atoms. The van der Waals surface area contributed by atoms with Gasteiger partial charge in [-0.1, -0.05) is 0 Å². The topological polar surface area (TPSA) is 93.8 Å². The van der Waals surface area contributed by atoms with Crippen molar-refractivity contribution < 1.29 is 9.53 Å². The minimum absolute atomic E-state index is 0.164. The van der Waals surface area contributed by atoms with Gasteiger partial charge in [0.15, 0.2) is 0 Å². The van der Waals surface area contributed by atoms with E-state index in [1.807, 2.05) is 39.1 Å². The Hall–Kier alpha value is -3.69. The Morgan fingerprint density at radius 1 is 1.07 bits per heavy atom. The van der Waals surface area contributed by atoms with Crippen LogP contribution in [-0.4, -0.2) is 79.8 Å². The maximum atomic E-state index is 13.8. The van der Waals surface area contributed by atoms with Crippen molar-refractivity contribution in [3.63, 3.8) is 0 Å². The van der Waals surface area contributed by atoms with Crippen molar-refractivity contribution in [3.8, 4) is 11.1 Å². The molecule has 2 aliphatic heterocycles. The number of aromatic amines is 1. The van der Waals surface area contributed by atoms with E-state index in [0.29, 0.717) is 17.2 Å². The Morgan fingerprint density at radius 3 is 2.56 bits per heavy atom. The van der Waals surface area contributed by atoms with Crippen molar-refractivity contribution in [2.45, 2.75) is 59.5 Å². The number of carbonyl (C=O) groups is 1. The molecular formula is C34H46N6O3. The molecule has 0 spiro atoms. The molecule has 1 aromatic carbocycles. The average molecular weight is 587 g/mol. The van der Waals surface area contributed by atoms with Gasteiger partial charge in [0.25, 0.3) is 11.5 Å². The number of hydrogen-bond donors (Lipinski definition) is 2. The quantitative estimate of drug-likeness (QED) is 0.403. The molecule has 0 bridgehead atoms. The summed E-state index contributed by atoms with van der Waals surface area (Å²) in [5.41, 5.74) is 6.61. The number of anilines is 2. The molecule has 9 heteroatoms. The minimum atomic E-state index is -0.193. The maximum Gasteiger partial charge on any atom is 0.253 e. The fourth-order valence-electron chi connectivity index (χ4n) is 6.41. The molecule has 2 fully saturated rings. The number of carbonyl (C=O) groups excluding carboxylic acids is 1. The lowest BCUT2D eigenvalue weighted by atomic mass is 9.95. The molecule has 1 amide bonds. The van der Waals surface area contributed by atoms with E-state index in [9.17, 15) is 9.59 Å². The van der Waals surface area contributed by atoms with Crippen LogP contribution in [0.5, 0.6) is 0 Å². The van der Waals surface area contributed by atoms with Crippen molar-refractivity contribution in [2.24, 2.45) is 0 Å². The third-order valence-corrected chi connectivity index (χ3v) is 8.95. The number of benzene rings is 1. The number of nitrogens with one attached hydrogen (secondary N) is 2. The number of rotatable bonds is 8. The lowest BCUT2D eigenvalue weighted by Gasteiger charge is -2.37. The number of amides is 1. The molecule has 0 unspecified atom stereocenters. The molecule has 0 aliphatic carbocycles.